The zero-order valence-electron chi connectivity index (χ0n) is 11.2. The van der Waals surface area contributed by atoms with Crippen molar-refractivity contribution in [1.29, 1.82) is 0 Å². The van der Waals surface area contributed by atoms with E-state index in [4.69, 9.17) is 11.6 Å². The van der Waals surface area contributed by atoms with Gasteiger partial charge in [-0.25, -0.2) is 0 Å². The lowest BCUT2D eigenvalue weighted by atomic mass is 10.1. The minimum Gasteiger partial charge on any atom is -0.326 e. The largest absolute Gasteiger partial charge is 0.418 e. The van der Waals surface area contributed by atoms with Crippen molar-refractivity contribution in [3.8, 4) is 0 Å². The fraction of sp³-hybridized carbons (Fsp3) is 0.143. The van der Waals surface area contributed by atoms with Gasteiger partial charge in [-0.15, -0.1) is 0 Å². The smallest absolute Gasteiger partial charge is 0.326 e. The van der Waals surface area contributed by atoms with Crippen LogP contribution < -0.4 is 10.9 Å². The molecule has 0 radical (unpaired) electrons. The lowest BCUT2D eigenvalue weighted by Gasteiger charge is -2.14. The number of aromatic nitrogens is 1. The third-order valence-electron chi connectivity index (χ3n) is 2.78. The number of hydrogen-bond donors (Lipinski definition) is 2. The van der Waals surface area contributed by atoms with Gasteiger partial charge in [0.1, 0.15) is 0 Å². The summed E-state index contributed by atoms with van der Waals surface area (Å²) in [5.41, 5.74) is -1.62. The number of amides is 1. The Morgan fingerprint density at radius 3 is 2.50 bits per heavy atom. The molecule has 8 heteroatoms. The van der Waals surface area contributed by atoms with Gasteiger partial charge in [0.15, 0.2) is 0 Å². The summed E-state index contributed by atoms with van der Waals surface area (Å²) in [6.07, 6.45) is -4.67. The summed E-state index contributed by atoms with van der Waals surface area (Å²) in [7, 11) is 0. The second-order valence-electron chi connectivity index (χ2n) is 4.56. The molecule has 0 fully saturated rings. The SMILES string of the molecule is Cc1cc(C(=O)Nc2ccc(Cl)cc2C(F)(F)F)cc(=O)[nH]1. The molecule has 1 amide bonds. The molecule has 1 aromatic heterocycles. The third kappa shape index (κ3) is 3.67. The summed E-state index contributed by atoms with van der Waals surface area (Å²) in [4.78, 5) is 25.8. The zero-order chi connectivity index (χ0) is 16.5. The first kappa shape index (κ1) is 16.1. The predicted molar refractivity (Wildman–Crippen MR) is 76.2 cm³/mol. The molecule has 0 saturated heterocycles. The molecule has 22 heavy (non-hydrogen) atoms. The lowest BCUT2D eigenvalue weighted by Crippen LogP contribution is -2.19. The van der Waals surface area contributed by atoms with Crippen LogP contribution in [0.2, 0.25) is 5.02 Å². The Bertz CT molecular complexity index is 784. The van der Waals surface area contributed by atoms with Crippen LogP contribution in [0.4, 0.5) is 18.9 Å². The van der Waals surface area contributed by atoms with Gasteiger partial charge < -0.3 is 10.3 Å². The van der Waals surface area contributed by atoms with E-state index in [0.717, 1.165) is 18.2 Å². The number of aromatic amines is 1. The van der Waals surface area contributed by atoms with Crippen molar-refractivity contribution >= 4 is 23.2 Å². The maximum absolute atomic E-state index is 12.9. The minimum absolute atomic E-state index is 0.0377. The molecule has 0 spiro atoms. The Hall–Kier alpha value is -2.28. The van der Waals surface area contributed by atoms with Crippen LogP contribution in [0.25, 0.3) is 0 Å². The molecule has 0 saturated carbocycles. The number of rotatable bonds is 2. The number of carbonyl (C=O) groups excluding carboxylic acids is 1. The number of halogens is 4. The average molecular weight is 331 g/mol. The van der Waals surface area contributed by atoms with Gasteiger partial charge in [0.05, 0.1) is 11.3 Å². The number of nitrogens with one attached hydrogen (secondary N) is 2. The highest BCUT2D eigenvalue weighted by Gasteiger charge is 2.34. The number of alkyl halides is 3. The molecule has 0 bridgehead atoms. The number of aryl methyl sites for hydroxylation is 1. The number of hydrogen-bond acceptors (Lipinski definition) is 2. The van der Waals surface area contributed by atoms with E-state index in [-0.39, 0.29) is 10.6 Å². The van der Waals surface area contributed by atoms with Crippen molar-refractivity contribution in [2.45, 2.75) is 13.1 Å². The molecule has 2 N–H and O–H groups in total. The second kappa shape index (κ2) is 5.84. The molecule has 4 nitrogen and oxygen atoms in total. The number of H-pyrrole nitrogens is 1. The Morgan fingerprint density at radius 1 is 1.23 bits per heavy atom. The van der Waals surface area contributed by atoms with Crippen molar-refractivity contribution in [2.75, 3.05) is 5.32 Å². The van der Waals surface area contributed by atoms with Gasteiger partial charge in [-0.3, -0.25) is 9.59 Å². The van der Waals surface area contributed by atoms with Crippen LogP contribution in [0.5, 0.6) is 0 Å². The number of anilines is 1. The summed E-state index contributed by atoms with van der Waals surface area (Å²) in [6.45, 7) is 1.56. The van der Waals surface area contributed by atoms with Gasteiger partial charge in [0, 0.05) is 22.3 Å². The molecule has 2 rings (SSSR count). The van der Waals surface area contributed by atoms with Gasteiger partial charge in [0.25, 0.3) is 5.91 Å². The highest BCUT2D eigenvalue weighted by atomic mass is 35.5. The van der Waals surface area contributed by atoms with Crippen LogP contribution in [0, 0.1) is 6.92 Å². The first-order valence-corrected chi connectivity index (χ1v) is 6.43. The van der Waals surface area contributed by atoms with Crippen LogP contribution in [0.15, 0.2) is 35.1 Å². The van der Waals surface area contributed by atoms with Crippen LogP contribution in [0.3, 0.4) is 0 Å². The van der Waals surface area contributed by atoms with Gasteiger partial charge in [-0.05, 0) is 31.2 Å². The van der Waals surface area contributed by atoms with Gasteiger partial charge in [0.2, 0.25) is 5.56 Å². The molecule has 1 heterocycles. The predicted octanol–water partition coefficient (Wildman–Crippen LogP) is 3.61. The first-order chi connectivity index (χ1) is 10.2. The van der Waals surface area contributed by atoms with Crippen molar-refractivity contribution in [1.82, 2.24) is 4.98 Å². The summed E-state index contributed by atoms with van der Waals surface area (Å²) < 4.78 is 38.8. The Balaban J connectivity index is 2.38. The normalized spacial score (nSPS) is 11.3. The standard InChI is InChI=1S/C14H10ClF3N2O2/c1-7-4-8(5-12(21)19-7)13(22)20-11-3-2-9(15)6-10(11)14(16,17)18/h2-6H,1H3,(H,19,21)(H,20,22). The lowest BCUT2D eigenvalue weighted by molar-refractivity contribution is -0.136. The monoisotopic (exact) mass is 330 g/mol. The Morgan fingerprint density at radius 2 is 1.91 bits per heavy atom. The van der Waals surface area contributed by atoms with E-state index in [9.17, 15) is 22.8 Å². The minimum atomic E-state index is -4.67. The fourth-order valence-electron chi connectivity index (χ4n) is 1.87. The van der Waals surface area contributed by atoms with E-state index in [0.29, 0.717) is 5.69 Å². The van der Waals surface area contributed by atoms with E-state index in [1.165, 1.54) is 12.1 Å². The van der Waals surface area contributed by atoms with Gasteiger partial charge in [-0.2, -0.15) is 13.2 Å². The second-order valence-corrected chi connectivity index (χ2v) is 4.99. The van der Waals surface area contributed by atoms with Crippen LogP contribution in [-0.2, 0) is 6.18 Å². The average Bonchev–Trinajstić information content (AvgIpc) is 2.38. The molecule has 2 aromatic rings. The van der Waals surface area contributed by atoms with E-state index >= 15 is 0 Å². The number of pyridine rings is 1. The van der Waals surface area contributed by atoms with E-state index < -0.39 is 28.9 Å². The van der Waals surface area contributed by atoms with E-state index in [1.54, 1.807) is 6.92 Å². The topological polar surface area (TPSA) is 62.0 Å². The van der Waals surface area contributed by atoms with E-state index in [2.05, 4.69) is 10.3 Å². The first-order valence-electron chi connectivity index (χ1n) is 6.06. The Kier molecular flexibility index (Phi) is 4.27. The maximum Gasteiger partial charge on any atom is 0.418 e. The summed E-state index contributed by atoms with van der Waals surface area (Å²) in [6, 6.07) is 5.38. The Labute approximate surface area is 127 Å². The van der Waals surface area contributed by atoms with Crippen LogP contribution in [-0.4, -0.2) is 10.9 Å². The summed E-state index contributed by atoms with van der Waals surface area (Å²) in [5.74, 6) is -0.818. The van der Waals surface area contributed by atoms with Gasteiger partial charge >= 0.3 is 6.18 Å². The number of benzene rings is 1. The molecule has 0 atom stereocenters. The molecule has 0 aliphatic carbocycles. The summed E-state index contributed by atoms with van der Waals surface area (Å²) in [5, 5.41) is 2.04. The molecule has 0 aliphatic rings. The van der Waals surface area contributed by atoms with Crippen molar-refractivity contribution < 1.29 is 18.0 Å². The molecular formula is C14H10ClF3N2O2. The van der Waals surface area contributed by atoms with Crippen LogP contribution in [0.1, 0.15) is 21.6 Å². The zero-order valence-corrected chi connectivity index (χ0v) is 12.0. The van der Waals surface area contributed by atoms with Crippen molar-refractivity contribution in [2.24, 2.45) is 0 Å². The van der Waals surface area contributed by atoms with Crippen LogP contribution >= 0.6 is 11.6 Å². The molecule has 0 unspecified atom stereocenters. The molecule has 116 valence electrons. The molecular weight excluding hydrogens is 321 g/mol. The molecule has 1 aromatic carbocycles. The number of carbonyl (C=O) groups is 1. The van der Waals surface area contributed by atoms with Crippen molar-refractivity contribution in [3.63, 3.8) is 0 Å². The third-order valence-corrected chi connectivity index (χ3v) is 3.01. The fourth-order valence-corrected chi connectivity index (χ4v) is 2.04. The quantitative estimate of drug-likeness (QED) is 0.883. The van der Waals surface area contributed by atoms with E-state index in [1.807, 2.05) is 0 Å². The maximum atomic E-state index is 12.9. The highest BCUT2D eigenvalue weighted by Crippen LogP contribution is 2.36. The van der Waals surface area contributed by atoms with Gasteiger partial charge in [-0.1, -0.05) is 11.6 Å². The van der Waals surface area contributed by atoms with Crippen molar-refractivity contribution in [3.05, 3.63) is 62.5 Å². The highest BCUT2D eigenvalue weighted by molar-refractivity contribution is 6.30. The molecule has 0 aliphatic heterocycles. The summed E-state index contributed by atoms with van der Waals surface area (Å²) >= 11 is 5.56.